The standard InChI is InChI=1S/C12H16N2O7/c1-12(10(19-2)21-12)8-6(16)7(17)9(20-8)14-4-3-5(15)13-11(14)18/h3-4,6-10,16-17H,1-2H3,(H,13,15,18)/t6-,7+,8-,9+,10?,12?/m0/s1. The van der Waals surface area contributed by atoms with E-state index in [1.54, 1.807) is 6.92 Å². The molecule has 0 bridgehead atoms. The highest BCUT2D eigenvalue weighted by atomic mass is 16.8. The summed E-state index contributed by atoms with van der Waals surface area (Å²) in [7, 11) is 1.46. The summed E-state index contributed by atoms with van der Waals surface area (Å²) in [5, 5.41) is 20.2. The van der Waals surface area contributed by atoms with Crippen molar-refractivity contribution in [3.63, 3.8) is 0 Å². The van der Waals surface area contributed by atoms with Gasteiger partial charge in [0.15, 0.2) is 12.5 Å². The van der Waals surface area contributed by atoms with E-state index in [9.17, 15) is 19.8 Å². The number of aliphatic hydroxyl groups excluding tert-OH is 2. The SMILES string of the molecule is COC1OC1(C)[C@H]1O[C@@H](n2ccc(=O)[nH]c2=O)[C@H](O)[C@@H]1O. The van der Waals surface area contributed by atoms with Crippen LogP contribution < -0.4 is 11.2 Å². The first kappa shape index (κ1) is 14.4. The first-order chi connectivity index (χ1) is 9.88. The van der Waals surface area contributed by atoms with Crippen molar-refractivity contribution < 1.29 is 24.4 Å². The monoisotopic (exact) mass is 300 g/mol. The van der Waals surface area contributed by atoms with Crippen LogP contribution in [0, 0.1) is 0 Å². The molecule has 116 valence electrons. The quantitative estimate of drug-likeness (QED) is 0.547. The van der Waals surface area contributed by atoms with E-state index >= 15 is 0 Å². The van der Waals surface area contributed by atoms with Gasteiger partial charge >= 0.3 is 5.69 Å². The molecule has 1 aromatic heterocycles. The van der Waals surface area contributed by atoms with Gasteiger partial charge in [-0.05, 0) is 6.92 Å². The Labute approximate surface area is 118 Å². The number of epoxide rings is 1. The van der Waals surface area contributed by atoms with Crippen LogP contribution in [-0.2, 0) is 14.2 Å². The molecule has 0 radical (unpaired) electrons. The fourth-order valence-electron chi connectivity index (χ4n) is 2.67. The fourth-order valence-corrected chi connectivity index (χ4v) is 2.67. The van der Waals surface area contributed by atoms with Crippen molar-refractivity contribution in [2.45, 2.75) is 43.4 Å². The minimum atomic E-state index is -1.34. The number of nitrogens with zero attached hydrogens (tertiary/aromatic N) is 1. The zero-order valence-corrected chi connectivity index (χ0v) is 11.4. The smallest absolute Gasteiger partial charge is 0.330 e. The summed E-state index contributed by atoms with van der Waals surface area (Å²) in [6.45, 7) is 1.68. The van der Waals surface area contributed by atoms with E-state index < -0.39 is 47.7 Å². The largest absolute Gasteiger partial charge is 0.387 e. The molecule has 3 rings (SSSR count). The van der Waals surface area contributed by atoms with Gasteiger partial charge < -0.3 is 24.4 Å². The Morgan fingerprint density at radius 3 is 2.67 bits per heavy atom. The number of methoxy groups -OCH3 is 1. The second-order valence-corrected chi connectivity index (χ2v) is 5.32. The first-order valence-corrected chi connectivity index (χ1v) is 6.42. The second kappa shape index (κ2) is 4.75. The maximum Gasteiger partial charge on any atom is 0.330 e. The van der Waals surface area contributed by atoms with Crippen molar-refractivity contribution in [1.29, 1.82) is 0 Å². The molecule has 0 amide bonds. The van der Waals surface area contributed by atoms with Crippen LogP contribution in [0.1, 0.15) is 13.2 Å². The van der Waals surface area contributed by atoms with Crippen LogP contribution in [0.15, 0.2) is 21.9 Å². The van der Waals surface area contributed by atoms with Crippen LogP contribution in [0.5, 0.6) is 0 Å². The van der Waals surface area contributed by atoms with Gasteiger partial charge in [0.05, 0.1) is 0 Å². The van der Waals surface area contributed by atoms with Crippen LogP contribution in [0.4, 0.5) is 0 Å². The first-order valence-electron chi connectivity index (χ1n) is 6.42. The molecular weight excluding hydrogens is 284 g/mol. The molecule has 0 spiro atoms. The van der Waals surface area contributed by atoms with Crippen LogP contribution >= 0.6 is 0 Å². The van der Waals surface area contributed by atoms with Gasteiger partial charge in [-0.1, -0.05) is 0 Å². The van der Waals surface area contributed by atoms with Gasteiger partial charge in [-0.25, -0.2) is 4.79 Å². The van der Waals surface area contributed by atoms with Crippen molar-refractivity contribution in [3.8, 4) is 0 Å². The molecule has 9 nitrogen and oxygen atoms in total. The zero-order valence-electron chi connectivity index (χ0n) is 11.4. The Morgan fingerprint density at radius 2 is 2.10 bits per heavy atom. The molecule has 21 heavy (non-hydrogen) atoms. The van der Waals surface area contributed by atoms with E-state index in [1.165, 1.54) is 13.3 Å². The normalized spacial score (nSPS) is 42.2. The number of H-pyrrole nitrogens is 1. The summed E-state index contributed by atoms with van der Waals surface area (Å²) in [6, 6.07) is 1.13. The molecule has 3 heterocycles. The van der Waals surface area contributed by atoms with Crippen LogP contribution in [0.25, 0.3) is 0 Å². The molecule has 2 unspecified atom stereocenters. The van der Waals surface area contributed by atoms with Gasteiger partial charge in [0.25, 0.3) is 5.56 Å². The molecule has 2 aliphatic rings. The molecular formula is C12H16N2O7. The third-order valence-electron chi connectivity index (χ3n) is 3.91. The summed E-state index contributed by atoms with van der Waals surface area (Å²) in [4.78, 5) is 24.9. The highest BCUT2D eigenvalue weighted by Gasteiger charge is 2.66. The second-order valence-electron chi connectivity index (χ2n) is 5.32. The van der Waals surface area contributed by atoms with Crippen LogP contribution in [-0.4, -0.2) is 57.1 Å². The van der Waals surface area contributed by atoms with Crippen molar-refractivity contribution in [3.05, 3.63) is 33.1 Å². The van der Waals surface area contributed by atoms with Crippen molar-refractivity contribution in [2.24, 2.45) is 0 Å². The Bertz CT molecular complexity index is 655. The molecule has 3 N–H and O–H groups in total. The van der Waals surface area contributed by atoms with Crippen molar-refractivity contribution in [1.82, 2.24) is 9.55 Å². The highest BCUT2D eigenvalue weighted by molar-refractivity contribution is 5.08. The van der Waals surface area contributed by atoms with Gasteiger partial charge in [-0.15, -0.1) is 0 Å². The van der Waals surface area contributed by atoms with E-state index in [0.29, 0.717) is 0 Å². The van der Waals surface area contributed by atoms with E-state index in [4.69, 9.17) is 14.2 Å². The lowest BCUT2D eigenvalue weighted by Gasteiger charge is -2.18. The number of nitrogens with one attached hydrogen (secondary N) is 1. The van der Waals surface area contributed by atoms with Crippen LogP contribution in [0.3, 0.4) is 0 Å². The predicted molar refractivity (Wildman–Crippen MR) is 67.5 cm³/mol. The maximum absolute atomic E-state index is 11.8. The predicted octanol–water partition coefficient (Wildman–Crippen LogP) is -2.08. The van der Waals surface area contributed by atoms with Gasteiger partial charge in [0.1, 0.15) is 23.9 Å². The molecule has 2 fully saturated rings. The number of aromatic nitrogens is 2. The number of ether oxygens (including phenoxy) is 3. The average molecular weight is 300 g/mol. The number of hydrogen-bond donors (Lipinski definition) is 3. The molecule has 6 atom stereocenters. The van der Waals surface area contributed by atoms with Gasteiger partial charge in [0.2, 0.25) is 0 Å². The summed E-state index contributed by atoms with van der Waals surface area (Å²) < 4.78 is 17.0. The zero-order chi connectivity index (χ0) is 15.4. The number of aromatic amines is 1. The minimum Gasteiger partial charge on any atom is -0.387 e. The minimum absolute atomic E-state index is 0.546. The topological polar surface area (TPSA) is 126 Å². The number of rotatable bonds is 3. The summed E-state index contributed by atoms with van der Waals surface area (Å²) in [6.07, 6.45) is -3.91. The summed E-state index contributed by atoms with van der Waals surface area (Å²) in [5.41, 5.74) is -2.18. The lowest BCUT2D eigenvalue weighted by atomic mass is 9.98. The molecule has 0 saturated carbocycles. The average Bonchev–Trinajstić information content (AvgIpc) is 3.02. The van der Waals surface area contributed by atoms with Crippen LogP contribution in [0.2, 0.25) is 0 Å². The number of hydrogen-bond acceptors (Lipinski definition) is 7. The summed E-state index contributed by atoms with van der Waals surface area (Å²) >= 11 is 0. The Morgan fingerprint density at radius 1 is 1.38 bits per heavy atom. The fraction of sp³-hybridized carbons (Fsp3) is 0.667. The Kier molecular flexibility index (Phi) is 3.26. The van der Waals surface area contributed by atoms with Crippen molar-refractivity contribution >= 4 is 0 Å². The molecule has 1 aromatic rings. The van der Waals surface area contributed by atoms with E-state index in [-0.39, 0.29) is 0 Å². The molecule has 2 aliphatic heterocycles. The Balaban J connectivity index is 1.89. The third kappa shape index (κ3) is 2.14. The van der Waals surface area contributed by atoms with Gasteiger partial charge in [-0.2, -0.15) is 0 Å². The van der Waals surface area contributed by atoms with E-state index in [1.807, 2.05) is 0 Å². The molecule has 0 aliphatic carbocycles. The number of aliphatic hydroxyl groups is 2. The summed E-state index contributed by atoms with van der Waals surface area (Å²) in [5.74, 6) is 0. The molecule has 2 saturated heterocycles. The maximum atomic E-state index is 11.8. The Hall–Kier alpha value is -1.52. The van der Waals surface area contributed by atoms with E-state index in [0.717, 1.165) is 10.6 Å². The van der Waals surface area contributed by atoms with Gasteiger partial charge in [-0.3, -0.25) is 14.3 Å². The van der Waals surface area contributed by atoms with Gasteiger partial charge in [0, 0.05) is 19.4 Å². The highest BCUT2D eigenvalue weighted by Crippen LogP contribution is 2.47. The lowest BCUT2D eigenvalue weighted by Crippen LogP contribution is -2.41. The third-order valence-corrected chi connectivity index (χ3v) is 3.91. The molecule has 0 aromatic carbocycles. The molecule has 9 heteroatoms. The van der Waals surface area contributed by atoms with Crippen molar-refractivity contribution in [2.75, 3.05) is 7.11 Å². The van der Waals surface area contributed by atoms with E-state index in [2.05, 4.69) is 4.98 Å². The lowest BCUT2D eigenvalue weighted by molar-refractivity contribution is -0.0640.